The van der Waals surface area contributed by atoms with Crippen LogP contribution in [0, 0.1) is 11.6 Å². The zero-order valence-corrected chi connectivity index (χ0v) is 8.80. The summed E-state index contributed by atoms with van der Waals surface area (Å²) in [4.78, 5) is 0. The molecule has 2 rings (SSSR count). The van der Waals surface area contributed by atoms with Crippen molar-refractivity contribution in [2.45, 2.75) is 0 Å². The molecule has 0 fully saturated rings. The Morgan fingerprint density at radius 1 is 0.812 bits per heavy atom. The Labute approximate surface area is 92.7 Å². The Kier molecular flexibility index (Phi) is 2.86. The largest absolute Gasteiger partial charge is 0.388 e. The van der Waals surface area contributed by atoms with Gasteiger partial charge in [-0.2, -0.15) is 0 Å². The maximum Gasteiger partial charge on any atom is 0.126 e. The molecule has 1 nitrogen and oxygen atoms in total. The van der Waals surface area contributed by atoms with E-state index in [-0.39, 0.29) is 0 Å². The van der Waals surface area contributed by atoms with E-state index in [9.17, 15) is 8.78 Å². The first-order valence-electron chi connectivity index (χ1n) is 4.93. The third-order valence-electron chi connectivity index (χ3n) is 2.37. The molecule has 2 aromatic carbocycles. The van der Waals surface area contributed by atoms with Crippen LogP contribution < -0.4 is 5.32 Å². The van der Waals surface area contributed by atoms with Crippen LogP contribution in [0.1, 0.15) is 0 Å². The Morgan fingerprint density at radius 3 is 1.88 bits per heavy atom. The van der Waals surface area contributed by atoms with Crippen molar-refractivity contribution >= 4 is 5.69 Å². The molecule has 0 unspecified atom stereocenters. The van der Waals surface area contributed by atoms with Crippen molar-refractivity contribution in [3.05, 3.63) is 54.1 Å². The number of hydrogen-bond donors (Lipinski definition) is 1. The van der Waals surface area contributed by atoms with E-state index in [1.807, 2.05) is 31.3 Å². The summed E-state index contributed by atoms with van der Waals surface area (Å²) in [7, 11) is 1.82. The fourth-order valence-electron chi connectivity index (χ4n) is 1.55. The van der Waals surface area contributed by atoms with Crippen molar-refractivity contribution in [1.82, 2.24) is 0 Å². The molecule has 2 aromatic rings. The average Bonchev–Trinajstić information content (AvgIpc) is 2.28. The lowest BCUT2D eigenvalue weighted by Gasteiger charge is -2.04. The topological polar surface area (TPSA) is 12.0 Å². The summed E-state index contributed by atoms with van der Waals surface area (Å²) in [6.45, 7) is 0. The van der Waals surface area contributed by atoms with Crippen LogP contribution in [0.2, 0.25) is 0 Å². The summed E-state index contributed by atoms with van der Waals surface area (Å²) >= 11 is 0. The molecule has 0 saturated carbocycles. The lowest BCUT2D eigenvalue weighted by molar-refractivity contribution is 0.584. The van der Waals surface area contributed by atoms with E-state index in [1.165, 1.54) is 12.1 Å². The fourth-order valence-corrected chi connectivity index (χ4v) is 1.55. The summed E-state index contributed by atoms with van der Waals surface area (Å²) in [6.07, 6.45) is 0. The fraction of sp³-hybridized carbons (Fsp3) is 0.0769. The molecule has 0 saturated heterocycles. The maximum atomic E-state index is 13.0. The van der Waals surface area contributed by atoms with Crippen LogP contribution in [-0.4, -0.2) is 7.05 Å². The van der Waals surface area contributed by atoms with Crippen LogP contribution in [0.3, 0.4) is 0 Å². The van der Waals surface area contributed by atoms with Gasteiger partial charge in [0.25, 0.3) is 0 Å². The molecular formula is C13H11F2N. The molecule has 1 N–H and O–H groups in total. The molecule has 0 spiro atoms. The molecule has 0 atom stereocenters. The molecule has 0 heterocycles. The monoisotopic (exact) mass is 219 g/mol. The second-order valence-corrected chi connectivity index (χ2v) is 3.49. The van der Waals surface area contributed by atoms with Crippen molar-refractivity contribution in [1.29, 1.82) is 0 Å². The number of hydrogen-bond acceptors (Lipinski definition) is 1. The Morgan fingerprint density at radius 2 is 1.38 bits per heavy atom. The predicted molar refractivity (Wildman–Crippen MR) is 61.3 cm³/mol. The number of halogens is 2. The summed E-state index contributed by atoms with van der Waals surface area (Å²) in [5.41, 5.74) is 2.29. The molecule has 0 aliphatic carbocycles. The van der Waals surface area contributed by atoms with Gasteiger partial charge in [-0.3, -0.25) is 0 Å². The molecule has 0 radical (unpaired) electrons. The quantitative estimate of drug-likeness (QED) is 0.812. The Hall–Kier alpha value is -1.90. The highest BCUT2D eigenvalue weighted by Gasteiger charge is 2.02. The first-order chi connectivity index (χ1) is 7.69. The van der Waals surface area contributed by atoms with E-state index in [0.29, 0.717) is 5.56 Å². The second-order valence-electron chi connectivity index (χ2n) is 3.49. The van der Waals surface area contributed by atoms with Gasteiger partial charge in [-0.05, 0) is 35.4 Å². The van der Waals surface area contributed by atoms with Gasteiger partial charge in [0.15, 0.2) is 0 Å². The highest BCUT2D eigenvalue weighted by molar-refractivity contribution is 5.66. The number of anilines is 1. The standard InChI is InChI=1S/C13H11F2N/c1-16-13-4-2-9(3-5-13)10-6-11(14)8-12(15)7-10/h2-8,16H,1H3. The van der Waals surface area contributed by atoms with Crippen LogP contribution in [0.4, 0.5) is 14.5 Å². The Balaban J connectivity index is 2.42. The van der Waals surface area contributed by atoms with Crippen molar-refractivity contribution in [3.63, 3.8) is 0 Å². The second kappa shape index (κ2) is 4.31. The number of rotatable bonds is 2. The average molecular weight is 219 g/mol. The van der Waals surface area contributed by atoms with Crippen LogP contribution in [0.25, 0.3) is 11.1 Å². The van der Waals surface area contributed by atoms with Crippen molar-refractivity contribution in [3.8, 4) is 11.1 Å². The van der Waals surface area contributed by atoms with Gasteiger partial charge in [-0.15, -0.1) is 0 Å². The van der Waals surface area contributed by atoms with Crippen LogP contribution in [0.5, 0.6) is 0 Å². The van der Waals surface area contributed by atoms with Gasteiger partial charge in [0.1, 0.15) is 11.6 Å². The van der Waals surface area contributed by atoms with Crippen LogP contribution in [0.15, 0.2) is 42.5 Å². The molecule has 82 valence electrons. The molecular weight excluding hydrogens is 208 g/mol. The lowest BCUT2D eigenvalue weighted by Crippen LogP contribution is -1.88. The van der Waals surface area contributed by atoms with E-state index in [1.54, 1.807) is 0 Å². The van der Waals surface area contributed by atoms with E-state index in [2.05, 4.69) is 5.32 Å². The zero-order valence-electron chi connectivity index (χ0n) is 8.80. The molecule has 0 aliphatic rings. The van der Waals surface area contributed by atoms with Crippen molar-refractivity contribution in [2.75, 3.05) is 12.4 Å². The lowest BCUT2D eigenvalue weighted by atomic mass is 10.1. The Bertz CT molecular complexity index is 472. The summed E-state index contributed by atoms with van der Waals surface area (Å²) in [5, 5.41) is 2.98. The van der Waals surface area contributed by atoms with E-state index in [4.69, 9.17) is 0 Å². The molecule has 3 heteroatoms. The molecule has 16 heavy (non-hydrogen) atoms. The summed E-state index contributed by atoms with van der Waals surface area (Å²) in [6, 6.07) is 10.9. The first-order valence-corrected chi connectivity index (χ1v) is 4.93. The molecule has 0 amide bonds. The van der Waals surface area contributed by atoms with Gasteiger partial charge in [-0.1, -0.05) is 12.1 Å². The van der Waals surface area contributed by atoms with Gasteiger partial charge in [0, 0.05) is 18.8 Å². The van der Waals surface area contributed by atoms with Crippen molar-refractivity contribution in [2.24, 2.45) is 0 Å². The van der Waals surface area contributed by atoms with E-state index in [0.717, 1.165) is 17.3 Å². The SMILES string of the molecule is CNc1ccc(-c2cc(F)cc(F)c2)cc1. The highest BCUT2D eigenvalue weighted by atomic mass is 19.1. The van der Waals surface area contributed by atoms with Gasteiger partial charge in [0.2, 0.25) is 0 Å². The van der Waals surface area contributed by atoms with Crippen LogP contribution >= 0.6 is 0 Å². The molecule has 0 bridgehead atoms. The molecule has 0 aliphatic heterocycles. The summed E-state index contributed by atoms with van der Waals surface area (Å²) in [5.74, 6) is -1.12. The van der Waals surface area contributed by atoms with Crippen molar-refractivity contribution < 1.29 is 8.78 Å². The zero-order chi connectivity index (χ0) is 11.5. The summed E-state index contributed by atoms with van der Waals surface area (Å²) < 4.78 is 26.0. The number of benzene rings is 2. The van der Waals surface area contributed by atoms with E-state index >= 15 is 0 Å². The minimum Gasteiger partial charge on any atom is -0.388 e. The van der Waals surface area contributed by atoms with Gasteiger partial charge < -0.3 is 5.32 Å². The van der Waals surface area contributed by atoms with Crippen LogP contribution in [-0.2, 0) is 0 Å². The van der Waals surface area contributed by atoms with E-state index < -0.39 is 11.6 Å². The van der Waals surface area contributed by atoms with Gasteiger partial charge in [-0.25, -0.2) is 8.78 Å². The minimum atomic E-state index is -0.562. The number of nitrogens with one attached hydrogen (secondary N) is 1. The van der Waals surface area contributed by atoms with Gasteiger partial charge in [0.05, 0.1) is 0 Å². The predicted octanol–water partition coefficient (Wildman–Crippen LogP) is 3.67. The van der Waals surface area contributed by atoms with Gasteiger partial charge >= 0.3 is 0 Å². The highest BCUT2D eigenvalue weighted by Crippen LogP contribution is 2.23. The maximum absolute atomic E-state index is 13.0. The minimum absolute atomic E-state index is 0.542. The third-order valence-corrected chi connectivity index (χ3v) is 2.37. The molecule has 0 aromatic heterocycles. The smallest absolute Gasteiger partial charge is 0.126 e. The third kappa shape index (κ3) is 2.19. The first kappa shape index (κ1) is 10.6. The normalized spacial score (nSPS) is 10.2.